The van der Waals surface area contributed by atoms with Crippen LogP contribution in [0, 0.1) is 0 Å². The Morgan fingerprint density at radius 2 is 1.84 bits per heavy atom. The van der Waals surface area contributed by atoms with Gasteiger partial charge in [0, 0.05) is 24.9 Å². The second kappa shape index (κ2) is 9.69. The Labute approximate surface area is 149 Å². The maximum absolute atomic E-state index is 5.99. The van der Waals surface area contributed by atoms with E-state index in [1.165, 1.54) is 5.56 Å². The van der Waals surface area contributed by atoms with Crippen molar-refractivity contribution in [3.63, 3.8) is 0 Å². The van der Waals surface area contributed by atoms with Crippen LogP contribution >= 0.6 is 0 Å². The molecule has 0 unspecified atom stereocenters. The first kappa shape index (κ1) is 18.8. The molecule has 0 saturated carbocycles. The van der Waals surface area contributed by atoms with Crippen LogP contribution in [0.1, 0.15) is 25.0 Å². The van der Waals surface area contributed by atoms with Crippen LogP contribution in [0.25, 0.3) is 0 Å². The predicted octanol–water partition coefficient (Wildman–Crippen LogP) is 3.59. The Morgan fingerprint density at radius 3 is 2.52 bits per heavy atom. The Bertz CT molecular complexity index is 682. The van der Waals surface area contributed by atoms with Gasteiger partial charge in [0.15, 0.2) is 5.96 Å². The fraction of sp³-hybridized carbons (Fsp3) is 0.350. The van der Waals surface area contributed by atoms with E-state index in [-0.39, 0.29) is 6.10 Å². The summed E-state index contributed by atoms with van der Waals surface area (Å²) in [6, 6.07) is 16.0. The van der Waals surface area contributed by atoms with Crippen molar-refractivity contribution >= 4 is 11.6 Å². The molecular weight excluding hydrogens is 314 g/mol. The van der Waals surface area contributed by atoms with E-state index in [2.05, 4.69) is 22.4 Å². The third kappa shape index (κ3) is 6.47. The molecule has 0 radical (unpaired) electrons. The molecule has 0 heterocycles. The third-order valence-electron chi connectivity index (χ3n) is 3.56. The number of para-hydroxylation sites is 1. The van der Waals surface area contributed by atoms with Crippen molar-refractivity contribution in [2.24, 2.45) is 10.7 Å². The maximum Gasteiger partial charge on any atom is 0.193 e. The summed E-state index contributed by atoms with van der Waals surface area (Å²) in [5.74, 6) is 1.29. The van der Waals surface area contributed by atoms with E-state index in [1.54, 1.807) is 7.11 Å². The lowest BCUT2D eigenvalue weighted by Crippen LogP contribution is -2.23. The van der Waals surface area contributed by atoms with E-state index < -0.39 is 0 Å². The SMILES string of the molecule is COCc1ccccc1NC(N)=NCCc1ccc(OC(C)C)cc1. The number of rotatable bonds is 8. The van der Waals surface area contributed by atoms with Crippen LogP contribution in [0.2, 0.25) is 0 Å². The van der Waals surface area contributed by atoms with Crippen LogP contribution < -0.4 is 15.8 Å². The normalized spacial score (nSPS) is 11.6. The molecule has 0 spiro atoms. The minimum absolute atomic E-state index is 0.183. The van der Waals surface area contributed by atoms with Gasteiger partial charge in [0.25, 0.3) is 0 Å². The number of methoxy groups -OCH3 is 1. The summed E-state index contributed by atoms with van der Waals surface area (Å²) in [4.78, 5) is 4.40. The lowest BCUT2D eigenvalue weighted by Gasteiger charge is -2.11. The van der Waals surface area contributed by atoms with Crippen molar-refractivity contribution in [3.05, 3.63) is 59.7 Å². The minimum atomic E-state index is 0.183. The van der Waals surface area contributed by atoms with Gasteiger partial charge < -0.3 is 20.5 Å². The van der Waals surface area contributed by atoms with Crippen LogP contribution in [0.3, 0.4) is 0 Å². The molecule has 0 aliphatic carbocycles. The van der Waals surface area contributed by atoms with E-state index in [9.17, 15) is 0 Å². The number of aliphatic imine (C=N–C) groups is 1. The third-order valence-corrected chi connectivity index (χ3v) is 3.56. The standard InChI is InChI=1S/C20H27N3O2/c1-15(2)25-18-10-8-16(9-11-18)12-13-22-20(21)23-19-7-5-4-6-17(19)14-24-3/h4-11,15H,12-14H2,1-3H3,(H3,21,22,23). The lowest BCUT2D eigenvalue weighted by molar-refractivity contribution is 0.185. The van der Waals surface area contributed by atoms with Crippen LogP contribution in [-0.2, 0) is 17.8 Å². The summed E-state index contributed by atoms with van der Waals surface area (Å²) in [7, 11) is 1.67. The smallest absolute Gasteiger partial charge is 0.193 e. The molecule has 0 aromatic heterocycles. The Balaban J connectivity index is 1.87. The Hall–Kier alpha value is -2.53. The van der Waals surface area contributed by atoms with Gasteiger partial charge in [0.05, 0.1) is 12.7 Å². The molecule has 2 rings (SSSR count). The highest BCUT2D eigenvalue weighted by molar-refractivity contribution is 5.92. The highest BCUT2D eigenvalue weighted by Gasteiger charge is 2.02. The van der Waals surface area contributed by atoms with Gasteiger partial charge in [-0.2, -0.15) is 0 Å². The van der Waals surface area contributed by atoms with Crippen molar-refractivity contribution < 1.29 is 9.47 Å². The number of nitrogens with zero attached hydrogens (tertiary/aromatic N) is 1. The van der Waals surface area contributed by atoms with E-state index in [4.69, 9.17) is 15.2 Å². The van der Waals surface area contributed by atoms with Gasteiger partial charge in [-0.1, -0.05) is 30.3 Å². The first-order valence-corrected chi connectivity index (χ1v) is 8.48. The fourth-order valence-corrected chi connectivity index (χ4v) is 2.41. The monoisotopic (exact) mass is 341 g/mol. The summed E-state index contributed by atoms with van der Waals surface area (Å²) in [5, 5.41) is 3.14. The van der Waals surface area contributed by atoms with E-state index in [0.717, 1.165) is 23.4 Å². The average molecular weight is 341 g/mol. The summed E-state index contributed by atoms with van der Waals surface area (Å²) in [6.07, 6.45) is 1.01. The van der Waals surface area contributed by atoms with Crippen LogP contribution in [-0.4, -0.2) is 25.7 Å². The summed E-state index contributed by atoms with van der Waals surface area (Å²) >= 11 is 0. The maximum atomic E-state index is 5.99. The second-order valence-corrected chi connectivity index (χ2v) is 6.04. The summed E-state index contributed by atoms with van der Waals surface area (Å²) in [5.41, 5.74) is 9.16. The first-order chi connectivity index (χ1) is 12.1. The van der Waals surface area contributed by atoms with Crippen molar-refractivity contribution in [2.45, 2.75) is 33.0 Å². The van der Waals surface area contributed by atoms with Gasteiger partial charge in [-0.25, -0.2) is 0 Å². The molecule has 134 valence electrons. The zero-order valence-electron chi connectivity index (χ0n) is 15.2. The number of ether oxygens (including phenoxy) is 2. The fourth-order valence-electron chi connectivity index (χ4n) is 2.41. The quantitative estimate of drug-likeness (QED) is 0.569. The van der Waals surface area contributed by atoms with Gasteiger partial charge in [0.2, 0.25) is 0 Å². The average Bonchev–Trinajstić information content (AvgIpc) is 2.58. The largest absolute Gasteiger partial charge is 0.491 e. The van der Waals surface area contributed by atoms with Crippen molar-refractivity contribution in [2.75, 3.05) is 19.0 Å². The highest BCUT2D eigenvalue weighted by Crippen LogP contribution is 2.16. The van der Waals surface area contributed by atoms with E-state index >= 15 is 0 Å². The van der Waals surface area contributed by atoms with Crippen LogP contribution in [0.5, 0.6) is 5.75 Å². The number of benzene rings is 2. The molecule has 0 saturated heterocycles. The second-order valence-electron chi connectivity index (χ2n) is 6.04. The summed E-state index contributed by atoms with van der Waals surface area (Å²) in [6.45, 7) is 5.18. The minimum Gasteiger partial charge on any atom is -0.491 e. The van der Waals surface area contributed by atoms with E-state index in [1.807, 2.05) is 50.2 Å². The number of nitrogens with one attached hydrogen (secondary N) is 1. The molecular formula is C20H27N3O2. The molecule has 2 aromatic carbocycles. The van der Waals surface area contributed by atoms with Gasteiger partial charge in [-0.3, -0.25) is 4.99 Å². The molecule has 0 amide bonds. The molecule has 0 atom stereocenters. The number of guanidine groups is 1. The summed E-state index contributed by atoms with van der Waals surface area (Å²) < 4.78 is 10.8. The lowest BCUT2D eigenvalue weighted by atomic mass is 10.1. The Morgan fingerprint density at radius 1 is 1.12 bits per heavy atom. The number of anilines is 1. The molecule has 3 N–H and O–H groups in total. The first-order valence-electron chi connectivity index (χ1n) is 8.48. The number of hydrogen-bond acceptors (Lipinski definition) is 3. The van der Waals surface area contributed by atoms with Crippen molar-refractivity contribution in [3.8, 4) is 5.75 Å². The molecule has 0 aliphatic rings. The molecule has 5 nitrogen and oxygen atoms in total. The van der Waals surface area contributed by atoms with Crippen LogP contribution in [0.4, 0.5) is 5.69 Å². The van der Waals surface area contributed by atoms with Gasteiger partial charge in [0.1, 0.15) is 5.75 Å². The topological polar surface area (TPSA) is 68.9 Å². The van der Waals surface area contributed by atoms with Gasteiger partial charge in [-0.15, -0.1) is 0 Å². The Kier molecular flexibility index (Phi) is 7.29. The molecule has 0 bridgehead atoms. The molecule has 0 fully saturated rings. The van der Waals surface area contributed by atoms with E-state index in [0.29, 0.717) is 19.1 Å². The molecule has 25 heavy (non-hydrogen) atoms. The molecule has 0 aliphatic heterocycles. The highest BCUT2D eigenvalue weighted by atomic mass is 16.5. The van der Waals surface area contributed by atoms with Gasteiger partial charge in [-0.05, 0) is 44.0 Å². The van der Waals surface area contributed by atoms with Gasteiger partial charge >= 0.3 is 0 Å². The molecule has 2 aromatic rings. The van der Waals surface area contributed by atoms with Crippen LogP contribution in [0.15, 0.2) is 53.5 Å². The van der Waals surface area contributed by atoms with Crippen molar-refractivity contribution in [1.82, 2.24) is 0 Å². The molecule has 5 heteroatoms. The zero-order valence-corrected chi connectivity index (χ0v) is 15.2. The predicted molar refractivity (Wildman–Crippen MR) is 103 cm³/mol. The van der Waals surface area contributed by atoms with Crippen molar-refractivity contribution in [1.29, 1.82) is 0 Å². The number of hydrogen-bond donors (Lipinski definition) is 2. The zero-order chi connectivity index (χ0) is 18.1. The number of nitrogens with two attached hydrogens (primary N) is 1.